The van der Waals surface area contributed by atoms with Crippen molar-refractivity contribution >= 4 is 16.9 Å². The van der Waals surface area contributed by atoms with E-state index in [4.69, 9.17) is 0 Å². The van der Waals surface area contributed by atoms with E-state index in [0.29, 0.717) is 18.7 Å². The summed E-state index contributed by atoms with van der Waals surface area (Å²) >= 11 is 0. The predicted molar refractivity (Wildman–Crippen MR) is 120 cm³/mol. The molecular formula is C25H29N3O2. The molecule has 2 heterocycles. The molecule has 1 saturated carbocycles. The molecule has 5 heteroatoms. The van der Waals surface area contributed by atoms with Crippen molar-refractivity contribution in [2.24, 2.45) is 0 Å². The van der Waals surface area contributed by atoms with Gasteiger partial charge in [0.2, 0.25) is 0 Å². The quantitative estimate of drug-likeness (QED) is 0.628. The Kier molecular flexibility index (Phi) is 5.98. The summed E-state index contributed by atoms with van der Waals surface area (Å²) in [7, 11) is 0. The zero-order valence-electron chi connectivity index (χ0n) is 17.8. The molecule has 0 bridgehead atoms. The number of nitrogens with zero attached hydrogens (tertiary/aromatic N) is 3. The van der Waals surface area contributed by atoms with Gasteiger partial charge in [0, 0.05) is 24.2 Å². The highest BCUT2D eigenvalue weighted by Crippen LogP contribution is 2.24. The number of hydrogen-bond donors (Lipinski definition) is 0. The maximum absolute atomic E-state index is 13.5. The first kappa shape index (κ1) is 20.3. The summed E-state index contributed by atoms with van der Waals surface area (Å²) in [5.74, 6) is -0.155. The van der Waals surface area contributed by atoms with Gasteiger partial charge in [0.05, 0.1) is 6.54 Å². The Hall–Kier alpha value is -2.95. The van der Waals surface area contributed by atoms with Crippen LogP contribution in [0.2, 0.25) is 0 Å². The molecule has 0 atom stereocenters. The zero-order chi connectivity index (χ0) is 21.1. The molecule has 5 nitrogen and oxygen atoms in total. The minimum Gasteiger partial charge on any atom is -0.336 e. The minimum atomic E-state index is -0.263. The molecular weight excluding hydrogens is 374 g/mol. The van der Waals surface area contributed by atoms with Crippen molar-refractivity contribution in [3.63, 3.8) is 0 Å². The highest BCUT2D eigenvalue weighted by Gasteiger charge is 2.27. The van der Waals surface area contributed by atoms with Gasteiger partial charge in [0.25, 0.3) is 11.5 Å². The van der Waals surface area contributed by atoms with Crippen LogP contribution in [0.1, 0.15) is 60.5 Å². The third-order valence-corrected chi connectivity index (χ3v) is 6.16. The first-order chi connectivity index (χ1) is 14.6. The summed E-state index contributed by atoms with van der Waals surface area (Å²) in [6.45, 7) is 5.05. The molecule has 1 fully saturated rings. The van der Waals surface area contributed by atoms with Crippen LogP contribution in [0.25, 0.3) is 11.0 Å². The molecule has 2 aromatic heterocycles. The molecule has 1 aliphatic rings. The molecule has 3 aromatic rings. The Morgan fingerprint density at radius 1 is 1.13 bits per heavy atom. The summed E-state index contributed by atoms with van der Waals surface area (Å²) in [6.07, 6.45) is 7.25. The lowest BCUT2D eigenvalue weighted by Crippen LogP contribution is -2.44. The van der Waals surface area contributed by atoms with Gasteiger partial charge in [-0.05, 0) is 50.5 Å². The number of aromatic nitrogens is 2. The van der Waals surface area contributed by atoms with Crippen molar-refractivity contribution < 1.29 is 4.79 Å². The van der Waals surface area contributed by atoms with E-state index in [-0.39, 0.29) is 23.1 Å². The first-order valence-electron chi connectivity index (χ1n) is 10.9. The minimum absolute atomic E-state index is 0.155. The molecule has 0 saturated heterocycles. The SMILES string of the molecule is CCN(C(=O)c1cc2cccnc2n(Cc2ccc(C)cc2)c1=O)C1CCCCC1. The molecule has 0 spiro atoms. The Bertz CT molecular complexity index is 1100. The highest BCUT2D eigenvalue weighted by molar-refractivity contribution is 5.97. The number of hydrogen-bond acceptors (Lipinski definition) is 3. The molecule has 156 valence electrons. The van der Waals surface area contributed by atoms with Gasteiger partial charge < -0.3 is 4.90 Å². The number of carbonyl (C=O) groups excluding carboxylic acids is 1. The van der Waals surface area contributed by atoms with Gasteiger partial charge in [-0.3, -0.25) is 14.2 Å². The number of aryl methyl sites for hydroxylation is 1. The number of pyridine rings is 2. The predicted octanol–water partition coefficient (Wildman–Crippen LogP) is 4.55. The Labute approximate surface area is 177 Å². The van der Waals surface area contributed by atoms with Gasteiger partial charge in [-0.15, -0.1) is 0 Å². The maximum Gasteiger partial charge on any atom is 0.265 e. The fourth-order valence-electron chi connectivity index (χ4n) is 4.50. The maximum atomic E-state index is 13.5. The molecule has 1 amide bonds. The molecule has 1 aromatic carbocycles. The fraction of sp³-hybridized carbons (Fsp3) is 0.400. The zero-order valence-corrected chi connectivity index (χ0v) is 17.8. The van der Waals surface area contributed by atoms with E-state index in [1.807, 2.05) is 55.1 Å². The molecule has 1 aliphatic carbocycles. The van der Waals surface area contributed by atoms with Crippen LogP contribution in [0.3, 0.4) is 0 Å². The van der Waals surface area contributed by atoms with E-state index in [2.05, 4.69) is 4.98 Å². The van der Waals surface area contributed by atoms with Crippen LogP contribution in [0, 0.1) is 6.92 Å². The average Bonchev–Trinajstić information content (AvgIpc) is 2.78. The fourth-order valence-corrected chi connectivity index (χ4v) is 4.50. The van der Waals surface area contributed by atoms with Crippen molar-refractivity contribution in [3.8, 4) is 0 Å². The van der Waals surface area contributed by atoms with E-state index in [0.717, 1.165) is 36.6 Å². The normalized spacial score (nSPS) is 14.7. The second-order valence-corrected chi connectivity index (χ2v) is 8.23. The van der Waals surface area contributed by atoms with Crippen molar-refractivity contribution in [2.45, 2.75) is 58.5 Å². The highest BCUT2D eigenvalue weighted by atomic mass is 16.2. The van der Waals surface area contributed by atoms with Gasteiger partial charge in [-0.25, -0.2) is 4.98 Å². The van der Waals surface area contributed by atoms with Crippen LogP contribution < -0.4 is 5.56 Å². The van der Waals surface area contributed by atoms with Gasteiger partial charge in [-0.2, -0.15) is 0 Å². The lowest BCUT2D eigenvalue weighted by molar-refractivity contribution is 0.0645. The standard InChI is InChI=1S/C25H29N3O2/c1-3-27(21-9-5-4-6-10-21)24(29)22-16-20-8-7-15-26-23(20)28(25(22)30)17-19-13-11-18(2)12-14-19/h7-8,11-16,21H,3-6,9-10,17H2,1-2H3. The second kappa shape index (κ2) is 8.82. The molecule has 0 N–H and O–H groups in total. The molecule has 4 rings (SSSR count). The average molecular weight is 404 g/mol. The summed E-state index contributed by atoms with van der Waals surface area (Å²) in [5, 5.41) is 0.812. The third-order valence-electron chi connectivity index (χ3n) is 6.16. The van der Waals surface area contributed by atoms with E-state index in [1.54, 1.807) is 16.8 Å². The number of rotatable bonds is 5. The van der Waals surface area contributed by atoms with Crippen LogP contribution in [-0.4, -0.2) is 32.9 Å². The van der Waals surface area contributed by atoms with Gasteiger partial charge in [0.15, 0.2) is 0 Å². The third kappa shape index (κ3) is 4.02. The Morgan fingerprint density at radius 2 is 1.87 bits per heavy atom. The van der Waals surface area contributed by atoms with Crippen molar-refractivity contribution in [1.29, 1.82) is 0 Å². The van der Waals surface area contributed by atoms with Crippen molar-refractivity contribution in [1.82, 2.24) is 14.5 Å². The number of fused-ring (bicyclic) bond motifs is 1. The summed E-state index contributed by atoms with van der Waals surface area (Å²) in [5.41, 5.74) is 2.78. The molecule has 30 heavy (non-hydrogen) atoms. The van der Waals surface area contributed by atoms with Crippen molar-refractivity contribution in [2.75, 3.05) is 6.54 Å². The van der Waals surface area contributed by atoms with E-state index >= 15 is 0 Å². The number of amides is 1. The first-order valence-corrected chi connectivity index (χ1v) is 10.9. The lowest BCUT2D eigenvalue weighted by atomic mass is 9.93. The van der Waals surface area contributed by atoms with Crippen LogP contribution in [-0.2, 0) is 6.54 Å². The van der Waals surface area contributed by atoms with Gasteiger partial charge in [0.1, 0.15) is 11.2 Å². The molecule has 0 unspecified atom stereocenters. The number of carbonyl (C=O) groups is 1. The molecule has 0 radical (unpaired) electrons. The van der Waals surface area contributed by atoms with E-state index in [9.17, 15) is 9.59 Å². The van der Waals surface area contributed by atoms with Crippen molar-refractivity contribution in [3.05, 3.63) is 75.7 Å². The smallest absolute Gasteiger partial charge is 0.265 e. The van der Waals surface area contributed by atoms with Crippen LogP contribution in [0.15, 0.2) is 53.5 Å². The lowest BCUT2D eigenvalue weighted by Gasteiger charge is -2.33. The van der Waals surface area contributed by atoms with Crippen LogP contribution >= 0.6 is 0 Å². The monoisotopic (exact) mass is 403 g/mol. The molecule has 0 aliphatic heterocycles. The van der Waals surface area contributed by atoms with Gasteiger partial charge >= 0.3 is 0 Å². The Morgan fingerprint density at radius 3 is 2.57 bits per heavy atom. The summed E-state index contributed by atoms with van der Waals surface area (Å²) in [6, 6.07) is 13.8. The summed E-state index contributed by atoms with van der Waals surface area (Å²) in [4.78, 5) is 33.3. The summed E-state index contributed by atoms with van der Waals surface area (Å²) < 4.78 is 1.64. The van der Waals surface area contributed by atoms with E-state index < -0.39 is 0 Å². The number of benzene rings is 1. The van der Waals surface area contributed by atoms with Crippen LogP contribution in [0.4, 0.5) is 0 Å². The van der Waals surface area contributed by atoms with Crippen LogP contribution in [0.5, 0.6) is 0 Å². The Balaban J connectivity index is 1.78. The topological polar surface area (TPSA) is 55.2 Å². The largest absolute Gasteiger partial charge is 0.336 e. The van der Waals surface area contributed by atoms with Gasteiger partial charge in [-0.1, -0.05) is 49.1 Å². The van der Waals surface area contributed by atoms with E-state index in [1.165, 1.54) is 12.0 Å². The second-order valence-electron chi connectivity index (χ2n) is 8.23.